The zero-order valence-electron chi connectivity index (χ0n) is 16.6. The maximum atomic E-state index is 5.73. The van der Waals surface area contributed by atoms with Crippen LogP contribution in [0.25, 0.3) is 5.70 Å². The van der Waals surface area contributed by atoms with Crippen LogP contribution in [0.5, 0.6) is 5.75 Å². The lowest BCUT2D eigenvalue weighted by atomic mass is 10.1. The first-order valence-electron chi connectivity index (χ1n) is 9.73. The third-order valence-corrected chi connectivity index (χ3v) is 5.03. The van der Waals surface area contributed by atoms with E-state index in [1.54, 1.807) is 7.11 Å². The molecule has 0 unspecified atom stereocenters. The molecular weight excluding hydrogens is 348 g/mol. The third-order valence-electron chi connectivity index (χ3n) is 5.03. The van der Waals surface area contributed by atoms with Gasteiger partial charge >= 0.3 is 0 Å². The van der Waals surface area contributed by atoms with Crippen molar-refractivity contribution < 1.29 is 4.74 Å². The first-order valence-corrected chi connectivity index (χ1v) is 9.73. The van der Waals surface area contributed by atoms with Gasteiger partial charge in [-0.15, -0.1) is 0 Å². The molecule has 28 heavy (non-hydrogen) atoms. The van der Waals surface area contributed by atoms with Crippen molar-refractivity contribution in [1.29, 1.82) is 0 Å². The van der Waals surface area contributed by atoms with Gasteiger partial charge in [-0.1, -0.05) is 49.0 Å². The molecule has 1 aliphatic heterocycles. The summed E-state index contributed by atoms with van der Waals surface area (Å²) in [5.74, 6) is 6.66. The number of nitrogens with zero attached hydrogens (tertiary/aromatic N) is 2. The lowest BCUT2D eigenvalue weighted by Crippen LogP contribution is -2.32. The largest absolute Gasteiger partial charge is 0.495 e. The van der Waals surface area contributed by atoms with Crippen LogP contribution in [0.1, 0.15) is 12.0 Å². The highest BCUT2D eigenvalue weighted by atomic mass is 16.5. The van der Waals surface area contributed by atoms with Crippen LogP contribution in [0.15, 0.2) is 72.8 Å². The number of nitrogens with one attached hydrogen (secondary N) is 1. The Kier molecular flexibility index (Phi) is 7.12. The van der Waals surface area contributed by atoms with Crippen molar-refractivity contribution in [2.75, 3.05) is 44.7 Å². The normalized spacial score (nSPS) is 15.8. The summed E-state index contributed by atoms with van der Waals surface area (Å²) in [6, 6.07) is 18.3. The summed E-state index contributed by atoms with van der Waals surface area (Å²) in [5, 5.41) is 0. The predicted octanol–water partition coefficient (Wildman–Crippen LogP) is 3.27. The van der Waals surface area contributed by atoms with Gasteiger partial charge in [0.2, 0.25) is 0 Å². The number of para-hydroxylation sites is 2. The Morgan fingerprint density at radius 2 is 1.82 bits per heavy atom. The fourth-order valence-corrected chi connectivity index (χ4v) is 3.62. The highest BCUT2D eigenvalue weighted by molar-refractivity contribution is 5.66. The molecule has 1 fully saturated rings. The summed E-state index contributed by atoms with van der Waals surface area (Å²) >= 11 is 0. The van der Waals surface area contributed by atoms with Crippen molar-refractivity contribution in [2.24, 2.45) is 5.84 Å². The second-order valence-electron chi connectivity index (χ2n) is 7.02. The molecule has 2 aromatic rings. The summed E-state index contributed by atoms with van der Waals surface area (Å²) in [6.07, 6.45) is 3.15. The molecule has 0 saturated carbocycles. The van der Waals surface area contributed by atoms with Gasteiger partial charge in [0.25, 0.3) is 0 Å². The number of nitrogens with two attached hydrogens (primary N) is 1. The van der Waals surface area contributed by atoms with Gasteiger partial charge in [0.05, 0.1) is 18.5 Å². The van der Waals surface area contributed by atoms with E-state index in [2.05, 4.69) is 33.9 Å². The zero-order chi connectivity index (χ0) is 19.8. The van der Waals surface area contributed by atoms with E-state index in [9.17, 15) is 0 Å². The number of hydrogen-bond donors (Lipinski definition) is 2. The summed E-state index contributed by atoms with van der Waals surface area (Å²) in [7, 11) is 1.73. The van der Waals surface area contributed by atoms with Gasteiger partial charge in [0.15, 0.2) is 0 Å². The van der Waals surface area contributed by atoms with Crippen molar-refractivity contribution in [1.82, 2.24) is 10.3 Å². The van der Waals surface area contributed by atoms with E-state index in [0.717, 1.165) is 61.7 Å². The van der Waals surface area contributed by atoms with Crippen molar-refractivity contribution in [2.45, 2.75) is 6.42 Å². The zero-order valence-corrected chi connectivity index (χ0v) is 16.6. The van der Waals surface area contributed by atoms with E-state index < -0.39 is 0 Å². The molecule has 0 amide bonds. The first kappa shape index (κ1) is 20.0. The Bertz CT molecular complexity index is 803. The molecule has 0 aromatic heterocycles. The van der Waals surface area contributed by atoms with Gasteiger partial charge < -0.3 is 15.1 Å². The third kappa shape index (κ3) is 5.15. The molecular formula is C23H30N4O. The van der Waals surface area contributed by atoms with Crippen molar-refractivity contribution in [3.05, 3.63) is 78.4 Å². The summed E-state index contributed by atoms with van der Waals surface area (Å²) in [4.78, 5) is 4.86. The molecule has 0 radical (unpaired) electrons. The molecule has 3 N–H and O–H groups in total. The van der Waals surface area contributed by atoms with Gasteiger partial charge in [-0.25, -0.2) is 0 Å². The predicted molar refractivity (Wildman–Crippen MR) is 117 cm³/mol. The molecule has 0 atom stereocenters. The fourth-order valence-electron chi connectivity index (χ4n) is 3.62. The Labute approximate surface area is 168 Å². The smallest absolute Gasteiger partial charge is 0.142 e. The van der Waals surface area contributed by atoms with Crippen LogP contribution >= 0.6 is 0 Å². The van der Waals surface area contributed by atoms with Crippen molar-refractivity contribution >= 4 is 11.4 Å². The number of methoxy groups -OCH3 is 1. The number of ether oxygens (including phenoxy) is 1. The van der Waals surface area contributed by atoms with E-state index >= 15 is 0 Å². The molecule has 5 heteroatoms. The highest BCUT2D eigenvalue weighted by Gasteiger charge is 2.17. The molecule has 2 aromatic carbocycles. The number of anilines is 1. The monoisotopic (exact) mass is 378 g/mol. The minimum absolute atomic E-state index is 0.831. The Balaban J connectivity index is 1.61. The Hall–Kier alpha value is -2.76. The Morgan fingerprint density at radius 3 is 2.57 bits per heavy atom. The van der Waals surface area contributed by atoms with Gasteiger partial charge in [-0.2, -0.15) is 0 Å². The van der Waals surface area contributed by atoms with E-state index in [1.165, 1.54) is 5.69 Å². The highest BCUT2D eigenvalue weighted by Crippen LogP contribution is 2.28. The molecule has 5 nitrogen and oxygen atoms in total. The van der Waals surface area contributed by atoms with Crippen LogP contribution in [0.3, 0.4) is 0 Å². The maximum Gasteiger partial charge on any atom is 0.142 e. The standard InChI is InChI=1S/C23H30N4O/c1-19(17-21(25-24)20-9-4-3-5-10-20)18-26-13-8-14-27(16-15-26)22-11-6-7-12-23(22)28-2/h3-7,9-12,17,25H,1,8,13-16,18,24H2,2H3/b21-17-. The molecule has 148 valence electrons. The van der Waals surface area contributed by atoms with E-state index in [1.807, 2.05) is 48.5 Å². The quantitative estimate of drug-likeness (QED) is 0.440. The van der Waals surface area contributed by atoms with E-state index in [0.29, 0.717) is 0 Å². The van der Waals surface area contributed by atoms with Crippen LogP contribution in [0.2, 0.25) is 0 Å². The van der Waals surface area contributed by atoms with Crippen LogP contribution in [-0.2, 0) is 0 Å². The molecule has 3 rings (SSSR count). The van der Waals surface area contributed by atoms with Crippen LogP contribution in [0.4, 0.5) is 5.69 Å². The van der Waals surface area contributed by atoms with Gasteiger partial charge in [-0.3, -0.25) is 10.7 Å². The van der Waals surface area contributed by atoms with E-state index in [4.69, 9.17) is 10.6 Å². The second-order valence-corrected chi connectivity index (χ2v) is 7.02. The number of hydrazine groups is 1. The molecule has 1 saturated heterocycles. The van der Waals surface area contributed by atoms with Gasteiger partial charge in [0.1, 0.15) is 5.75 Å². The molecule has 0 bridgehead atoms. The SMILES string of the molecule is C=C(/C=C(\NN)c1ccccc1)CN1CCCN(c2ccccc2OC)CC1. The van der Waals surface area contributed by atoms with Crippen LogP contribution in [0, 0.1) is 0 Å². The van der Waals surface area contributed by atoms with Gasteiger partial charge in [-0.05, 0) is 35.8 Å². The van der Waals surface area contributed by atoms with Gasteiger partial charge in [0, 0.05) is 32.7 Å². The summed E-state index contributed by atoms with van der Waals surface area (Å²) in [5.41, 5.74) is 6.96. The second kappa shape index (κ2) is 9.97. The summed E-state index contributed by atoms with van der Waals surface area (Å²) < 4.78 is 5.53. The topological polar surface area (TPSA) is 53.8 Å². The van der Waals surface area contributed by atoms with Crippen molar-refractivity contribution in [3.8, 4) is 5.75 Å². The Morgan fingerprint density at radius 1 is 1.07 bits per heavy atom. The molecule has 0 aliphatic carbocycles. The maximum absolute atomic E-state index is 5.73. The fraction of sp³-hybridized carbons (Fsp3) is 0.304. The minimum Gasteiger partial charge on any atom is -0.495 e. The lowest BCUT2D eigenvalue weighted by Gasteiger charge is -2.25. The van der Waals surface area contributed by atoms with Crippen LogP contribution in [-0.4, -0.2) is 44.7 Å². The molecule has 1 heterocycles. The van der Waals surface area contributed by atoms with Crippen LogP contribution < -0.4 is 20.9 Å². The number of rotatable bonds is 7. The first-order chi connectivity index (χ1) is 13.7. The average molecular weight is 379 g/mol. The minimum atomic E-state index is 0.831. The molecule has 0 spiro atoms. The lowest BCUT2D eigenvalue weighted by molar-refractivity contribution is 0.320. The summed E-state index contributed by atoms with van der Waals surface area (Å²) in [6.45, 7) is 9.12. The molecule has 1 aliphatic rings. The van der Waals surface area contributed by atoms with E-state index in [-0.39, 0.29) is 0 Å². The number of hydrogen-bond acceptors (Lipinski definition) is 5. The average Bonchev–Trinajstić information content (AvgIpc) is 2.98. The number of benzene rings is 2. The van der Waals surface area contributed by atoms with Crippen molar-refractivity contribution in [3.63, 3.8) is 0 Å².